The average molecular weight is 671 g/mol. The fourth-order valence-corrected chi connectivity index (χ4v) is 4.39. The van der Waals surface area contributed by atoms with Gasteiger partial charge in [-0.15, -0.1) is 0 Å². The highest BCUT2D eigenvalue weighted by atomic mass is 19.4. The molecule has 0 N–H and O–H groups in total. The number of rotatable bonds is 14. The summed E-state index contributed by atoms with van der Waals surface area (Å²) in [6.45, 7) is 8.04. The molecule has 0 atom stereocenters. The van der Waals surface area contributed by atoms with Gasteiger partial charge >= 0.3 is 12.4 Å². The molecule has 0 bridgehead atoms. The number of hydrogen-bond donors (Lipinski definition) is 0. The molecule has 2 aromatic rings. The van der Waals surface area contributed by atoms with E-state index in [1.807, 2.05) is 6.92 Å². The van der Waals surface area contributed by atoms with Crippen LogP contribution in [0, 0.1) is 40.5 Å². The van der Waals surface area contributed by atoms with Gasteiger partial charge in [0.25, 0.3) is 22.7 Å². The van der Waals surface area contributed by atoms with Crippen LogP contribution in [-0.4, -0.2) is 45.9 Å². The van der Waals surface area contributed by atoms with Crippen LogP contribution >= 0.6 is 0 Å². The first-order chi connectivity index (χ1) is 21.3. The third-order valence-electron chi connectivity index (χ3n) is 6.36. The van der Waals surface area contributed by atoms with E-state index < -0.39 is 65.9 Å². The van der Waals surface area contributed by atoms with Gasteiger partial charge in [-0.25, -0.2) is 0 Å². The molecular formula is C26H32F6N6O8. The maximum absolute atomic E-state index is 12.8. The van der Waals surface area contributed by atoms with E-state index in [1.54, 1.807) is 20.8 Å². The zero-order valence-electron chi connectivity index (χ0n) is 25.2. The summed E-state index contributed by atoms with van der Waals surface area (Å²) in [5.41, 5.74) is -7.23. The summed E-state index contributed by atoms with van der Waals surface area (Å²) in [6, 6.07) is 1.38. The smallest absolute Gasteiger partial charge is 0.361 e. The number of benzene rings is 2. The number of anilines is 2. The average Bonchev–Trinajstić information content (AvgIpc) is 2.95. The minimum absolute atomic E-state index is 0.201. The second kappa shape index (κ2) is 16.5. The molecule has 256 valence electrons. The second-order valence-corrected chi connectivity index (χ2v) is 9.67. The Kier molecular flexibility index (Phi) is 14.1. The molecule has 0 spiro atoms. The standard InChI is InChI=1S/2C13H16F3N3O4/c1-3-5-6-17(4-2)12-10(18(20)21)7-9(13(14,15)16)8-11(12)19(22)23;1-3-5-17(6-4-2)12-10(18(20)21)7-9(13(14,15)16)8-11(12)19(22)23/h2*7-8H,3-6H2,1-2H3. The topological polar surface area (TPSA) is 179 Å². The summed E-state index contributed by atoms with van der Waals surface area (Å²) in [7, 11) is 0. The lowest BCUT2D eigenvalue weighted by Gasteiger charge is -2.23. The molecule has 0 aliphatic carbocycles. The summed E-state index contributed by atoms with van der Waals surface area (Å²) in [4.78, 5) is 43.3. The summed E-state index contributed by atoms with van der Waals surface area (Å²) in [5, 5.41) is 44.7. The molecule has 0 saturated carbocycles. The molecular weight excluding hydrogens is 638 g/mol. The van der Waals surface area contributed by atoms with Crippen molar-refractivity contribution in [1.29, 1.82) is 0 Å². The zero-order valence-corrected chi connectivity index (χ0v) is 25.2. The van der Waals surface area contributed by atoms with E-state index in [2.05, 4.69) is 0 Å². The molecule has 0 heterocycles. The normalized spacial score (nSPS) is 11.3. The quantitative estimate of drug-likeness (QED) is 0.108. The molecule has 0 aliphatic rings. The van der Waals surface area contributed by atoms with Gasteiger partial charge in [0.2, 0.25) is 0 Å². The molecule has 2 aromatic carbocycles. The van der Waals surface area contributed by atoms with Crippen LogP contribution in [0.15, 0.2) is 24.3 Å². The van der Waals surface area contributed by atoms with Crippen LogP contribution in [0.25, 0.3) is 0 Å². The number of alkyl halides is 6. The molecule has 0 amide bonds. The van der Waals surface area contributed by atoms with Crippen LogP contribution in [0.5, 0.6) is 0 Å². The predicted octanol–water partition coefficient (Wildman–Crippen LogP) is 8.30. The lowest BCUT2D eigenvalue weighted by Crippen LogP contribution is -2.27. The molecule has 0 aliphatic heterocycles. The predicted molar refractivity (Wildman–Crippen MR) is 155 cm³/mol. The number of hydrogen-bond acceptors (Lipinski definition) is 10. The van der Waals surface area contributed by atoms with Crippen molar-refractivity contribution < 1.29 is 46.0 Å². The van der Waals surface area contributed by atoms with Crippen molar-refractivity contribution >= 4 is 34.1 Å². The minimum Gasteiger partial charge on any atom is -0.361 e. The Hall–Kier alpha value is -4.78. The number of nitro groups is 4. The van der Waals surface area contributed by atoms with Crippen LogP contribution in [0.4, 0.5) is 60.5 Å². The van der Waals surface area contributed by atoms with Gasteiger partial charge in [0, 0.05) is 50.4 Å². The van der Waals surface area contributed by atoms with Gasteiger partial charge in [-0.05, 0) is 26.2 Å². The van der Waals surface area contributed by atoms with Crippen molar-refractivity contribution in [2.75, 3.05) is 36.0 Å². The Morgan fingerprint density at radius 1 is 0.543 bits per heavy atom. The molecule has 0 saturated heterocycles. The number of nitrogens with zero attached hydrogens (tertiary/aromatic N) is 6. The van der Waals surface area contributed by atoms with Crippen molar-refractivity contribution in [3.8, 4) is 0 Å². The highest BCUT2D eigenvalue weighted by Crippen LogP contribution is 2.44. The third kappa shape index (κ3) is 10.1. The number of nitro benzene ring substituents is 4. The van der Waals surface area contributed by atoms with Crippen LogP contribution in [-0.2, 0) is 12.4 Å². The van der Waals surface area contributed by atoms with Crippen LogP contribution in [0.1, 0.15) is 64.5 Å². The van der Waals surface area contributed by atoms with Gasteiger partial charge in [-0.3, -0.25) is 40.5 Å². The van der Waals surface area contributed by atoms with Gasteiger partial charge in [-0.2, -0.15) is 26.3 Å². The van der Waals surface area contributed by atoms with E-state index in [0.29, 0.717) is 43.5 Å². The highest BCUT2D eigenvalue weighted by molar-refractivity contribution is 5.77. The van der Waals surface area contributed by atoms with E-state index >= 15 is 0 Å². The van der Waals surface area contributed by atoms with Crippen molar-refractivity contribution in [3.63, 3.8) is 0 Å². The van der Waals surface area contributed by atoms with Crippen molar-refractivity contribution in [3.05, 3.63) is 75.8 Å². The van der Waals surface area contributed by atoms with Gasteiger partial charge < -0.3 is 9.80 Å². The lowest BCUT2D eigenvalue weighted by atomic mass is 10.1. The van der Waals surface area contributed by atoms with Gasteiger partial charge in [-0.1, -0.05) is 27.2 Å². The van der Waals surface area contributed by atoms with Gasteiger partial charge in [0.05, 0.1) is 30.8 Å². The van der Waals surface area contributed by atoms with E-state index in [-0.39, 0.29) is 37.6 Å². The largest absolute Gasteiger partial charge is 0.416 e. The summed E-state index contributed by atoms with van der Waals surface area (Å²) in [6.07, 6.45) is -7.41. The molecule has 0 aromatic heterocycles. The highest BCUT2D eigenvalue weighted by Gasteiger charge is 2.40. The molecule has 0 fully saturated rings. The Balaban J connectivity index is 0.000000460. The van der Waals surface area contributed by atoms with Gasteiger partial charge in [0.15, 0.2) is 11.4 Å². The van der Waals surface area contributed by atoms with Crippen molar-refractivity contribution in [2.45, 2.75) is 65.7 Å². The summed E-state index contributed by atoms with van der Waals surface area (Å²) < 4.78 is 77.0. The Labute approximate surface area is 258 Å². The maximum Gasteiger partial charge on any atom is 0.416 e. The number of unbranched alkanes of at least 4 members (excludes halogenated alkanes) is 1. The van der Waals surface area contributed by atoms with E-state index in [4.69, 9.17) is 0 Å². The summed E-state index contributed by atoms with van der Waals surface area (Å²) in [5.74, 6) is 0. The van der Waals surface area contributed by atoms with E-state index in [9.17, 15) is 66.8 Å². The van der Waals surface area contributed by atoms with E-state index in [1.165, 1.54) is 9.80 Å². The first-order valence-electron chi connectivity index (χ1n) is 13.8. The third-order valence-corrected chi connectivity index (χ3v) is 6.36. The summed E-state index contributed by atoms with van der Waals surface area (Å²) >= 11 is 0. The molecule has 0 unspecified atom stereocenters. The fourth-order valence-electron chi connectivity index (χ4n) is 4.39. The molecule has 0 radical (unpaired) electrons. The first-order valence-corrected chi connectivity index (χ1v) is 13.8. The van der Waals surface area contributed by atoms with Crippen molar-refractivity contribution in [1.82, 2.24) is 0 Å². The van der Waals surface area contributed by atoms with Crippen LogP contribution in [0.3, 0.4) is 0 Å². The molecule has 46 heavy (non-hydrogen) atoms. The maximum atomic E-state index is 12.8. The lowest BCUT2D eigenvalue weighted by molar-refractivity contribution is -0.393. The van der Waals surface area contributed by atoms with Crippen LogP contribution in [0.2, 0.25) is 0 Å². The van der Waals surface area contributed by atoms with Gasteiger partial charge in [0.1, 0.15) is 0 Å². The SMILES string of the molecule is CCCCN(CC)c1c([N+](=O)[O-])cc(C(F)(F)F)cc1[N+](=O)[O-].CCCN(CCC)c1c([N+](=O)[O-])cc(C(F)(F)F)cc1[N+](=O)[O-]. The Morgan fingerprint density at radius 3 is 1.07 bits per heavy atom. The van der Waals surface area contributed by atoms with E-state index in [0.717, 1.165) is 6.42 Å². The fraction of sp³-hybridized carbons (Fsp3) is 0.538. The second-order valence-electron chi connectivity index (χ2n) is 9.67. The van der Waals surface area contributed by atoms with Crippen molar-refractivity contribution in [2.24, 2.45) is 0 Å². The Morgan fingerprint density at radius 2 is 0.848 bits per heavy atom. The zero-order chi connectivity index (χ0) is 35.6. The molecule has 2 rings (SSSR count). The Bertz CT molecular complexity index is 1340. The van der Waals surface area contributed by atoms with Crippen LogP contribution < -0.4 is 9.80 Å². The molecule has 14 nitrogen and oxygen atoms in total. The minimum atomic E-state index is -4.91. The first kappa shape index (κ1) is 39.2. The molecule has 20 heteroatoms. The number of halogens is 6. The monoisotopic (exact) mass is 670 g/mol.